The monoisotopic (exact) mass is 552 g/mol. The topological polar surface area (TPSA) is 91.7 Å². The molecule has 0 radical (unpaired) electrons. The third-order valence-corrected chi connectivity index (χ3v) is 7.45. The lowest BCUT2D eigenvalue weighted by molar-refractivity contribution is 0.0709. The zero-order valence-corrected chi connectivity index (χ0v) is 23.1. The molecule has 9 heteroatoms. The zero-order chi connectivity index (χ0) is 27.6. The third kappa shape index (κ3) is 5.15. The summed E-state index contributed by atoms with van der Waals surface area (Å²) in [6.07, 6.45) is 8.30. The van der Waals surface area contributed by atoms with E-state index in [1.165, 1.54) is 0 Å². The van der Waals surface area contributed by atoms with E-state index < -0.39 is 0 Å². The molecule has 1 aliphatic carbocycles. The molecule has 2 aromatic carbocycles. The van der Waals surface area contributed by atoms with Crippen LogP contribution in [0.4, 0.5) is 11.6 Å². The maximum absolute atomic E-state index is 12.9. The van der Waals surface area contributed by atoms with Crippen molar-refractivity contribution in [2.24, 2.45) is 4.99 Å². The summed E-state index contributed by atoms with van der Waals surface area (Å²) >= 11 is 6.47. The molecule has 0 saturated carbocycles. The van der Waals surface area contributed by atoms with Gasteiger partial charge < -0.3 is 20.3 Å². The first-order valence-corrected chi connectivity index (χ1v) is 13.6. The van der Waals surface area contributed by atoms with Gasteiger partial charge in [0, 0.05) is 66.0 Å². The van der Waals surface area contributed by atoms with Crippen molar-refractivity contribution >= 4 is 45.5 Å². The Morgan fingerprint density at radius 3 is 2.75 bits per heavy atom. The SMILES string of the molecule is COc1ccccc1C1=CC(Cl)=NC=C2C1=CCc1cnc(Nc3ccc(C(=O)N4CCNC(C)C4)cc3)nc12. The molecule has 3 aromatic rings. The fourth-order valence-corrected chi connectivity index (χ4v) is 5.42. The minimum absolute atomic E-state index is 0.0441. The van der Waals surface area contributed by atoms with Crippen molar-refractivity contribution in [3.05, 3.63) is 101 Å². The maximum Gasteiger partial charge on any atom is 0.253 e. The number of benzene rings is 2. The Labute approximate surface area is 238 Å². The highest BCUT2D eigenvalue weighted by Gasteiger charge is 2.26. The summed E-state index contributed by atoms with van der Waals surface area (Å²) in [7, 11) is 1.66. The Bertz CT molecular complexity index is 1590. The van der Waals surface area contributed by atoms with Crippen LogP contribution < -0.4 is 15.4 Å². The summed E-state index contributed by atoms with van der Waals surface area (Å²) in [5.41, 5.74) is 6.96. The molecular weight excluding hydrogens is 524 g/mol. The lowest BCUT2D eigenvalue weighted by Gasteiger charge is -2.32. The van der Waals surface area contributed by atoms with E-state index in [4.69, 9.17) is 21.3 Å². The summed E-state index contributed by atoms with van der Waals surface area (Å²) in [6.45, 7) is 4.31. The molecule has 8 nitrogen and oxygen atoms in total. The molecule has 40 heavy (non-hydrogen) atoms. The molecule has 1 saturated heterocycles. The van der Waals surface area contributed by atoms with Crippen LogP contribution in [0.1, 0.15) is 34.1 Å². The van der Waals surface area contributed by atoms with Crippen molar-refractivity contribution in [3.63, 3.8) is 0 Å². The number of hydrogen-bond donors (Lipinski definition) is 2. The predicted molar refractivity (Wildman–Crippen MR) is 159 cm³/mol. The standard InChI is InChI=1S/C31H29ClN6O2/c1-19-18-38(14-13-33-19)30(39)20-7-10-22(11-8-20)36-31-35-16-21-9-12-23-25(24-5-3-4-6-27(24)40-2)15-28(32)34-17-26(23)29(21)37-31/h3-8,10-12,15-17,19,33H,9,13-14,18H2,1-2H3,(H,35,36,37). The molecule has 3 aliphatic rings. The molecule has 3 heterocycles. The summed E-state index contributed by atoms with van der Waals surface area (Å²) in [5.74, 6) is 1.25. The number of aromatic nitrogens is 2. The Hall–Kier alpha value is -4.27. The van der Waals surface area contributed by atoms with Crippen LogP contribution in [0.5, 0.6) is 5.75 Å². The molecule has 0 spiro atoms. The number of nitrogens with one attached hydrogen (secondary N) is 2. The van der Waals surface area contributed by atoms with Crippen LogP contribution in [-0.4, -0.2) is 58.7 Å². The number of nitrogens with zero attached hydrogens (tertiary/aromatic N) is 4. The number of aliphatic imine (C=N–C) groups is 1. The average molecular weight is 553 g/mol. The van der Waals surface area contributed by atoms with Gasteiger partial charge in [0.2, 0.25) is 5.95 Å². The van der Waals surface area contributed by atoms with Crippen LogP contribution in [0.15, 0.2) is 83.6 Å². The van der Waals surface area contributed by atoms with Gasteiger partial charge in [-0.3, -0.25) is 4.79 Å². The van der Waals surface area contributed by atoms with Crippen molar-refractivity contribution in [2.45, 2.75) is 19.4 Å². The Balaban J connectivity index is 1.26. The molecule has 2 aliphatic heterocycles. The van der Waals surface area contributed by atoms with Crippen molar-refractivity contribution in [3.8, 4) is 5.75 Å². The fourth-order valence-electron chi connectivity index (χ4n) is 5.26. The number of piperazine rings is 1. The number of ether oxygens (including phenoxy) is 1. The Kier molecular flexibility index (Phi) is 7.19. The van der Waals surface area contributed by atoms with Crippen molar-refractivity contribution in [1.29, 1.82) is 0 Å². The quantitative estimate of drug-likeness (QED) is 0.451. The zero-order valence-electron chi connectivity index (χ0n) is 22.3. The van der Waals surface area contributed by atoms with Crippen molar-refractivity contribution < 1.29 is 9.53 Å². The molecule has 1 atom stereocenters. The van der Waals surface area contributed by atoms with Crippen LogP contribution >= 0.6 is 11.6 Å². The number of carbonyl (C=O) groups excluding carboxylic acids is 1. The number of rotatable bonds is 5. The molecule has 2 N–H and O–H groups in total. The molecule has 1 amide bonds. The number of halogens is 1. The largest absolute Gasteiger partial charge is 0.496 e. The van der Waals surface area contributed by atoms with E-state index in [0.29, 0.717) is 42.2 Å². The van der Waals surface area contributed by atoms with Crippen LogP contribution in [0.3, 0.4) is 0 Å². The Morgan fingerprint density at radius 1 is 1.12 bits per heavy atom. The molecule has 202 valence electrons. The van der Waals surface area contributed by atoms with E-state index in [1.54, 1.807) is 13.3 Å². The van der Waals surface area contributed by atoms with Gasteiger partial charge in [-0.2, -0.15) is 0 Å². The average Bonchev–Trinajstić information content (AvgIpc) is 3.16. The number of allylic oxidation sites excluding steroid dienone is 5. The summed E-state index contributed by atoms with van der Waals surface area (Å²) in [6, 6.07) is 15.6. The minimum atomic E-state index is 0.0441. The number of amides is 1. The first kappa shape index (κ1) is 26.0. The second-order valence-corrected chi connectivity index (χ2v) is 10.3. The first-order chi connectivity index (χ1) is 19.5. The van der Waals surface area contributed by atoms with Gasteiger partial charge in [0.05, 0.1) is 12.8 Å². The molecule has 6 rings (SSSR count). The lowest BCUT2D eigenvalue weighted by atomic mass is 9.84. The second kappa shape index (κ2) is 11.1. The highest BCUT2D eigenvalue weighted by Crippen LogP contribution is 2.42. The van der Waals surface area contributed by atoms with Crippen LogP contribution in [0.2, 0.25) is 0 Å². The van der Waals surface area contributed by atoms with E-state index in [-0.39, 0.29) is 5.91 Å². The molecular formula is C31H29ClN6O2. The van der Waals surface area contributed by atoms with E-state index >= 15 is 0 Å². The lowest BCUT2D eigenvalue weighted by Crippen LogP contribution is -2.51. The van der Waals surface area contributed by atoms with Gasteiger partial charge in [-0.25, -0.2) is 15.0 Å². The number of anilines is 2. The van der Waals surface area contributed by atoms with Crippen molar-refractivity contribution in [2.75, 3.05) is 32.1 Å². The molecule has 1 aromatic heterocycles. The highest BCUT2D eigenvalue weighted by molar-refractivity contribution is 6.69. The molecule has 0 bridgehead atoms. The van der Waals surface area contributed by atoms with Gasteiger partial charge in [0.25, 0.3) is 5.91 Å². The summed E-state index contributed by atoms with van der Waals surface area (Å²) in [5, 5.41) is 7.03. The van der Waals surface area contributed by atoms with E-state index in [0.717, 1.165) is 51.5 Å². The highest BCUT2D eigenvalue weighted by atomic mass is 35.5. The number of methoxy groups -OCH3 is 1. The van der Waals surface area contributed by atoms with Crippen LogP contribution in [0.25, 0.3) is 11.1 Å². The second-order valence-electron chi connectivity index (χ2n) is 9.95. The van der Waals surface area contributed by atoms with Gasteiger partial charge in [0.15, 0.2) is 0 Å². The fraction of sp³-hybridized carbons (Fsp3) is 0.226. The summed E-state index contributed by atoms with van der Waals surface area (Å²) in [4.78, 5) is 28.7. The van der Waals surface area contributed by atoms with E-state index in [9.17, 15) is 4.79 Å². The number of fused-ring (bicyclic) bond motifs is 3. The normalized spacial score (nSPS) is 18.3. The third-order valence-electron chi connectivity index (χ3n) is 7.25. The van der Waals surface area contributed by atoms with Crippen LogP contribution in [-0.2, 0) is 6.42 Å². The van der Waals surface area contributed by atoms with Gasteiger partial charge in [-0.05, 0) is 60.9 Å². The maximum atomic E-state index is 12.9. The Morgan fingerprint density at radius 2 is 1.95 bits per heavy atom. The smallest absolute Gasteiger partial charge is 0.253 e. The van der Waals surface area contributed by atoms with Crippen LogP contribution in [0, 0.1) is 0 Å². The first-order valence-electron chi connectivity index (χ1n) is 13.3. The minimum Gasteiger partial charge on any atom is -0.496 e. The van der Waals surface area contributed by atoms with Gasteiger partial charge in [-0.15, -0.1) is 0 Å². The van der Waals surface area contributed by atoms with Gasteiger partial charge in [-0.1, -0.05) is 35.9 Å². The molecule has 1 fully saturated rings. The van der Waals surface area contributed by atoms with Gasteiger partial charge in [0.1, 0.15) is 10.9 Å². The van der Waals surface area contributed by atoms with Crippen molar-refractivity contribution in [1.82, 2.24) is 20.2 Å². The number of hydrogen-bond acceptors (Lipinski definition) is 7. The number of para-hydroxylation sites is 1. The van der Waals surface area contributed by atoms with Gasteiger partial charge >= 0.3 is 0 Å². The van der Waals surface area contributed by atoms with E-state index in [2.05, 4.69) is 33.6 Å². The predicted octanol–water partition coefficient (Wildman–Crippen LogP) is 5.22. The summed E-state index contributed by atoms with van der Waals surface area (Å²) < 4.78 is 5.64. The molecule has 1 unspecified atom stereocenters. The number of carbonyl (C=O) groups is 1. The van der Waals surface area contributed by atoms with E-state index in [1.807, 2.05) is 65.7 Å².